The highest BCUT2D eigenvalue weighted by Crippen LogP contribution is 1.97. The van der Waals surface area contributed by atoms with E-state index in [1.807, 2.05) is 0 Å². The first-order valence-electron chi connectivity index (χ1n) is 4.85. The van der Waals surface area contributed by atoms with Crippen molar-refractivity contribution in [2.75, 3.05) is 32.7 Å². The molecule has 0 aliphatic heterocycles. The molecule has 0 aliphatic rings. The molecule has 0 N–H and O–H groups in total. The van der Waals surface area contributed by atoms with Gasteiger partial charge in [0, 0.05) is 19.6 Å². The third-order valence-corrected chi connectivity index (χ3v) is 2.77. The maximum atomic E-state index is 5.01. The number of thiocarbonyl (C=S) groups is 1. The highest BCUT2D eigenvalue weighted by molar-refractivity contribution is 8.10. The van der Waals surface area contributed by atoms with Crippen molar-refractivity contribution in [3.63, 3.8) is 0 Å². The van der Waals surface area contributed by atoms with Crippen LogP contribution < -0.4 is 0 Å². The van der Waals surface area contributed by atoms with E-state index in [0.717, 1.165) is 32.7 Å². The van der Waals surface area contributed by atoms with Crippen molar-refractivity contribution in [3.8, 4) is 0 Å². The molecule has 2 nitrogen and oxygen atoms in total. The Kier molecular flexibility index (Phi) is 7.71. The largest absolute Gasteiger partial charge is 0.357 e. The Morgan fingerprint density at radius 1 is 1.08 bits per heavy atom. The minimum atomic E-state index is 0.703. The fourth-order valence-electron chi connectivity index (χ4n) is 1.19. The van der Waals surface area contributed by atoms with Crippen LogP contribution in [0.2, 0.25) is 0 Å². The van der Waals surface area contributed by atoms with Gasteiger partial charge >= 0.3 is 0 Å². The van der Waals surface area contributed by atoms with Crippen molar-refractivity contribution in [1.82, 2.24) is 9.80 Å². The van der Waals surface area contributed by atoms with Crippen LogP contribution in [0.4, 0.5) is 0 Å². The second-order valence-electron chi connectivity index (χ2n) is 2.89. The first-order chi connectivity index (χ1) is 6.15. The van der Waals surface area contributed by atoms with Gasteiger partial charge in [0.2, 0.25) is 0 Å². The number of hydrogen-bond donors (Lipinski definition) is 1. The van der Waals surface area contributed by atoms with Crippen molar-refractivity contribution >= 4 is 29.2 Å². The van der Waals surface area contributed by atoms with Gasteiger partial charge in [-0.2, -0.15) is 0 Å². The fraction of sp³-hybridized carbons (Fsp3) is 0.889. The molecule has 0 aromatic carbocycles. The van der Waals surface area contributed by atoms with E-state index in [-0.39, 0.29) is 0 Å². The molecule has 0 unspecified atom stereocenters. The molecule has 0 rings (SSSR count). The van der Waals surface area contributed by atoms with Crippen molar-refractivity contribution in [2.45, 2.75) is 20.8 Å². The quantitative estimate of drug-likeness (QED) is 0.540. The second kappa shape index (κ2) is 7.59. The Hall–Kier alpha value is 0.200. The van der Waals surface area contributed by atoms with Crippen LogP contribution in [0.15, 0.2) is 0 Å². The van der Waals surface area contributed by atoms with Gasteiger partial charge in [-0.05, 0) is 20.0 Å². The van der Waals surface area contributed by atoms with E-state index in [1.165, 1.54) is 0 Å². The average Bonchev–Trinajstić information content (AvgIpc) is 2.12. The smallest absolute Gasteiger partial charge is 0.133 e. The van der Waals surface area contributed by atoms with Gasteiger partial charge in [-0.1, -0.05) is 26.1 Å². The van der Waals surface area contributed by atoms with Gasteiger partial charge < -0.3 is 9.80 Å². The Morgan fingerprint density at radius 3 is 1.92 bits per heavy atom. The van der Waals surface area contributed by atoms with Crippen LogP contribution in [0, 0.1) is 0 Å². The van der Waals surface area contributed by atoms with E-state index < -0.39 is 0 Å². The summed E-state index contributed by atoms with van der Waals surface area (Å²) in [7, 11) is 0. The summed E-state index contributed by atoms with van der Waals surface area (Å²) in [5.74, 6) is 0. The standard InChI is InChI=1S/C9H20N2S2/c1-4-10(5-2)7-8-11(6-3)9(12)13/h4-8H2,1-3H3,(H,12,13). The van der Waals surface area contributed by atoms with Crippen LogP contribution in [0.1, 0.15) is 20.8 Å². The maximum absolute atomic E-state index is 5.01. The molecule has 78 valence electrons. The van der Waals surface area contributed by atoms with Gasteiger partial charge in [0.1, 0.15) is 4.32 Å². The van der Waals surface area contributed by atoms with Gasteiger partial charge in [-0.25, -0.2) is 0 Å². The molecule has 0 aromatic rings. The molecule has 0 atom stereocenters. The molecule has 0 radical (unpaired) electrons. The molecule has 0 spiro atoms. The third kappa shape index (κ3) is 5.49. The summed E-state index contributed by atoms with van der Waals surface area (Å²) in [6.07, 6.45) is 0. The first kappa shape index (κ1) is 13.2. The number of rotatable bonds is 6. The summed E-state index contributed by atoms with van der Waals surface area (Å²) >= 11 is 9.19. The van der Waals surface area contributed by atoms with Crippen LogP contribution in [0.5, 0.6) is 0 Å². The summed E-state index contributed by atoms with van der Waals surface area (Å²) < 4.78 is 0.703. The van der Waals surface area contributed by atoms with Crippen molar-refractivity contribution in [1.29, 1.82) is 0 Å². The molecular formula is C9H20N2S2. The lowest BCUT2D eigenvalue weighted by molar-refractivity contribution is 0.273. The third-order valence-electron chi connectivity index (χ3n) is 2.23. The zero-order chi connectivity index (χ0) is 10.3. The zero-order valence-corrected chi connectivity index (χ0v) is 10.5. The summed E-state index contributed by atoms with van der Waals surface area (Å²) in [5, 5.41) is 0. The molecule has 0 amide bonds. The molecule has 0 aliphatic carbocycles. The minimum Gasteiger partial charge on any atom is -0.357 e. The van der Waals surface area contributed by atoms with E-state index >= 15 is 0 Å². The Bertz CT molecular complexity index is 147. The van der Waals surface area contributed by atoms with E-state index in [1.54, 1.807) is 0 Å². The SMILES string of the molecule is CCN(CC)CCN(CC)C(=S)S. The van der Waals surface area contributed by atoms with Gasteiger partial charge in [0.05, 0.1) is 0 Å². The summed E-state index contributed by atoms with van der Waals surface area (Å²) in [6.45, 7) is 11.7. The predicted molar refractivity (Wildman–Crippen MR) is 66.6 cm³/mol. The summed E-state index contributed by atoms with van der Waals surface area (Å²) in [5.41, 5.74) is 0. The number of hydrogen-bond acceptors (Lipinski definition) is 2. The van der Waals surface area contributed by atoms with Gasteiger partial charge in [-0.3, -0.25) is 0 Å². The fourth-order valence-corrected chi connectivity index (χ4v) is 1.65. The lowest BCUT2D eigenvalue weighted by Crippen LogP contribution is -2.36. The topological polar surface area (TPSA) is 6.48 Å². The molecule has 4 heteroatoms. The van der Waals surface area contributed by atoms with Gasteiger partial charge in [0.15, 0.2) is 0 Å². The molecule has 0 heterocycles. The van der Waals surface area contributed by atoms with E-state index in [9.17, 15) is 0 Å². The van der Waals surface area contributed by atoms with Crippen LogP contribution in [-0.2, 0) is 0 Å². The Morgan fingerprint density at radius 2 is 1.62 bits per heavy atom. The average molecular weight is 220 g/mol. The van der Waals surface area contributed by atoms with E-state index in [4.69, 9.17) is 12.2 Å². The Balaban J connectivity index is 3.76. The highest BCUT2D eigenvalue weighted by atomic mass is 32.1. The maximum Gasteiger partial charge on any atom is 0.133 e. The number of likely N-dealkylation sites (N-methyl/N-ethyl adjacent to an activating group) is 2. The number of nitrogens with zero attached hydrogens (tertiary/aromatic N) is 2. The highest BCUT2D eigenvalue weighted by Gasteiger charge is 2.05. The zero-order valence-electron chi connectivity index (χ0n) is 8.79. The minimum absolute atomic E-state index is 0.703. The van der Waals surface area contributed by atoms with Crippen LogP contribution >= 0.6 is 24.8 Å². The molecular weight excluding hydrogens is 200 g/mol. The lowest BCUT2D eigenvalue weighted by atomic mass is 10.4. The number of thiol groups is 1. The molecule has 0 saturated heterocycles. The summed E-state index contributed by atoms with van der Waals surface area (Å²) in [4.78, 5) is 4.49. The van der Waals surface area contributed by atoms with Crippen molar-refractivity contribution in [3.05, 3.63) is 0 Å². The van der Waals surface area contributed by atoms with Gasteiger partial charge in [0.25, 0.3) is 0 Å². The summed E-state index contributed by atoms with van der Waals surface area (Å²) in [6, 6.07) is 0. The van der Waals surface area contributed by atoms with Crippen molar-refractivity contribution < 1.29 is 0 Å². The van der Waals surface area contributed by atoms with E-state index in [0.29, 0.717) is 4.32 Å². The lowest BCUT2D eigenvalue weighted by Gasteiger charge is -2.25. The van der Waals surface area contributed by atoms with Crippen LogP contribution in [0.3, 0.4) is 0 Å². The molecule has 0 saturated carbocycles. The predicted octanol–water partition coefficient (Wildman–Crippen LogP) is 1.86. The van der Waals surface area contributed by atoms with Gasteiger partial charge in [-0.15, -0.1) is 12.6 Å². The normalized spacial score (nSPS) is 10.5. The van der Waals surface area contributed by atoms with Crippen LogP contribution in [-0.4, -0.2) is 46.8 Å². The molecule has 0 aromatic heterocycles. The molecule has 0 bridgehead atoms. The second-order valence-corrected chi connectivity index (χ2v) is 4.00. The first-order valence-corrected chi connectivity index (χ1v) is 5.71. The molecule has 13 heavy (non-hydrogen) atoms. The Labute approximate surface area is 92.7 Å². The van der Waals surface area contributed by atoms with Crippen molar-refractivity contribution in [2.24, 2.45) is 0 Å². The monoisotopic (exact) mass is 220 g/mol. The van der Waals surface area contributed by atoms with Crippen LogP contribution in [0.25, 0.3) is 0 Å². The molecule has 0 fully saturated rings. The van der Waals surface area contributed by atoms with E-state index in [2.05, 4.69) is 43.2 Å².